The number of amides is 1. The Morgan fingerprint density at radius 1 is 0.889 bits per heavy atom. The number of nitrogens with zero attached hydrogens (tertiary/aromatic N) is 2. The Morgan fingerprint density at radius 2 is 1.70 bits per heavy atom. The van der Waals surface area contributed by atoms with Crippen molar-refractivity contribution in [2.45, 2.75) is 13.8 Å². The highest BCUT2D eigenvalue weighted by Gasteiger charge is 2.09. The van der Waals surface area contributed by atoms with Gasteiger partial charge in [0.2, 0.25) is 0 Å². The number of carbonyl (C=O) groups excluding carboxylic acids is 1. The first-order valence-corrected chi connectivity index (χ1v) is 8.95. The number of rotatable bonds is 3. The molecule has 2 heterocycles. The molecular formula is C23H21N3O. The minimum absolute atomic E-state index is 0.0840. The first-order valence-electron chi connectivity index (χ1n) is 8.95. The molecule has 0 aliphatic heterocycles. The van der Waals surface area contributed by atoms with E-state index in [0.29, 0.717) is 5.56 Å². The zero-order valence-corrected chi connectivity index (χ0v) is 15.7. The number of aryl methyl sites for hydroxylation is 2. The van der Waals surface area contributed by atoms with Gasteiger partial charge >= 0.3 is 0 Å². The zero-order chi connectivity index (χ0) is 19.0. The number of aromatic nitrogens is 2. The van der Waals surface area contributed by atoms with Gasteiger partial charge in [-0.05, 0) is 72.5 Å². The molecule has 2 aromatic carbocycles. The Bertz CT molecular complexity index is 1160. The van der Waals surface area contributed by atoms with Crippen LogP contribution in [0, 0.1) is 13.8 Å². The number of fused-ring (bicyclic) bond motifs is 1. The van der Waals surface area contributed by atoms with E-state index in [1.807, 2.05) is 41.0 Å². The van der Waals surface area contributed by atoms with Gasteiger partial charge in [0.1, 0.15) is 0 Å². The minimum Gasteiger partial charge on any atom is -0.355 e. The largest absolute Gasteiger partial charge is 0.355 e. The van der Waals surface area contributed by atoms with Crippen molar-refractivity contribution in [2.24, 2.45) is 0 Å². The quantitative estimate of drug-likeness (QED) is 0.582. The molecule has 0 aliphatic carbocycles. The number of benzene rings is 2. The van der Waals surface area contributed by atoms with Gasteiger partial charge in [-0.1, -0.05) is 24.3 Å². The fraction of sp³-hybridized carbons (Fsp3) is 0.130. The molecule has 2 aromatic heterocycles. The van der Waals surface area contributed by atoms with Crippen LogP contribution in [0.1, 0.15) is 21.5 Å². The smallest absolute Gasteiger partial charge is 0.251 e. The molecule has 0 radical (unpaired) electrons. The van der Waals surface area contributed by atoms with Crippen molar-refractivity contribution in [1.29, 1.82) is 0 Å². The second kappa shape index (κ2) is 6.72. The molecule has 27 heavy (non-hydrogen) atoms. The van der Waals surface area contributed by atoms with Gasteiger partial charge in [0, 0.05) is 24.4 Å². The van der Waals surface area contributed by atoms with E-state index >= 15 is 0 Å². The summed E-state index contributed by atoms with van der Waals surface area (Å²) in [6.07, 6.45) is 1.96. The highest BCUT2D eigenvalue weighted by atomic mass is 16.1. The second-order valence-corrected chi connectivity index (χ2v) is 6.77. The van der Waals surface area contributed by atoms with Crippen LogP contribution in [0.4, 0.5) is 0 Å². The predicted molar refractivity (Wildman–Crippen MR) is 109 cm³/mol. The number of hydrogen-bond donors (Lipinski definition) is 1. The summed E-state index contributed by atoms with van der Waals surface area (Å²) in [5, 5.41) is 7.37. The molecule has 4 aromatic rings. The molecule has 0 bridgehead atoms. The van der Waals surface area contributed by atoms with Crippen molar-refractivity contribution in [3.8, 4) is 22.4 Å². The predicted octanol–water partition coefficient (Wildman–Crippen LogP) is 4.64. The van der Waals surface area contributed by atoms with E-state index in [1.165, 1.54) is 11.1 Å². The van der Waals surface area contributed by atoms with Crippen LogP contribution in [0.25, 0.3) is 27.9 Å². The highest BCUT2D eigenvalue weighted by Crippen LogP contribution is 2.26. The van der Waals surface area contributed by atoms with Gasteiger partial charge < -0.3 is 5.32 Å². The summed E-state index contributed by atoms with van der Waals surface area (Å²) in [6.45, 7) is 4.23. The van der Waals surface area contributed by atoms with Crippen LogP contribution in [-0.2, 0) is 0 Å². The van der Waals surface area contributed by atoms with E-state index in [9.17, 15) is 4.79 Å². The summed E-state index contributed by atoms with van der Waals surface area (Å²) in [6, 6.07) is 20.3. The first kappa shape index (κ1) is 17.0. The van der Waals surface area contributed by atoms with Crippen molar-refractivity contribution in [1.82, 2.24) is 14.9 Å². The van der Waals surface area contributed by atoms with Crippen molar-refractivity contribution in [3.05, 3.63) is 83.6 Å². The fourth-order valence-corrected chi connectivity index (χ4v) is 3.20. The number of carbonyl (C=O) groups is 1. The Balaban J connectivity index is 1.75. The van der Waals surface area contributed by atoms with Crippen LogP contribution < -0.4 is 5.32 Å². The minimum atomic E-state index is -0.0840. The van der Waals surface area contributed by atoms with Crippen LogP contribution in [0.15, 0.2) is 66.9 Å². The Morgan fingerprint density at radius 3 is 2.48 bits per heavy atom. The molecule has 0 spiro atoms. The molecule has 0 unspecified atom stereocenters. The van der Waals surface area contributed by atoms with Crippen molar-refractivity contribution in [3.63, 3.8) is 0 Å². The molecule has 4 rings (SSSR count). The summed E-state index contributed by atoms with van der Waals surface area (Å²) >= 11 is 0. The van der Waals surface area contributed by atoms with Crippen molar-refractivity contribution >= 4 is 11.4 Å². The summed E-state index contributed by atoms with van der Waals surface area (Å²) in [4.78, 5) is 11.9. The molecule has 1 amide bonds. The number of pyridine rings is 1. The molecule has 0 fully saturated rings. The van der Waals surface area contributed by atoms with Crippen LogP contribution in [0.5, 0.6) is 0 Å². The Kier molecular flexibility index (Phi) is 4.24. The van der Waals surface area contributed by atoms with Gasteiger partial charge in [0.15, 0.2) is 0 Å². The molecule has 4 nitrogen and oxygen atoms in total. The third-order valence-electron chi connectivity index (χ3n) is 4.95. The molecule has 0 saturated carbocycles. The van der Waals surface area contributed by atoms with Crippen molar-refractivity contribution in [2.75, 3.05) is 7.05 Å². The van der Waals surface area contributed by atoms with E-state index in [4.69, 9.17) is 5.10 Å². The van der Waals surface area contributed by atoms with E-state index < -0.39 is 0 Å². The lowest BCUT2D eigenvalue weighted by atomic mass is 10.0. The van der Waals surface area contributed by atoms with Crippen molar-refractivity contribution < 1.29 is 4.79 Å². The Labute approximate surface area is 158 Å². The average Bonchev–Trinajstić information content (AvgIpc) is 3.13. The number of hydrogen-bond acceptors (Lipinski definition) is 2. The number of nitrogens with one attached hydrogen (secondary N) is 1. The lowest BCUT2D eigenvalue weighted by Gasteiger charge is -2.05. The van der Waals surface area contributed by atoms with Gasteiger partial charge in [0.25, 0.3) is 5.91 Å². The lowest BCUT2D eigenvalue weighted by Crippen LogP contribution is -2.17. The average molecular weight is 355 g/mol. The maximum absolute atomic E-state index is 11.9. The molecule has 134 valence electrons. The molecule has 1 N–H and O–H groups in total. The van der Waals surface area contributed by atoms with E-state index in [0.717, 1.165) is 27.9 Å². The maximum atomic E-state index is 11.9. The van der Waals surface area contributed by atoms with Gasteiger partial charge in [-0.25, -0.2) is 4.52 Å². The van der Waals surface area contributed by atoms with Crippen LogP contribution in [0.2, 0.25) is 0 Å². The summed E-state index contributed by atoms with van der Waals surface area (Å²) in [7, 11) is 1.64. The van der Waals surface area contributed by atoms with E-state index in [2.05, 4.69) is 49.5 Å². The highest BCUT2D eigenvalue weighted by molar-refractivity contribution is 5.95. The third kappa shape index (κ3) is 3.22. The van der Waals surface area contributed by atoms with Gasteiger partial charge in [-0.15, -0.1) is 0 Å². The summed E-state index contributed by atoms with van der Waals surface area (Å²) in [5.74, 6) is -0.0840. The normalized spacial score (nSPS) is 10.9. The molecule has 0 atom stereocenters. The lowest BCUT2D eigenvalue weighted by molar-refractivity contribution is 0.0963. The fourth-order valence-electron chi connectivity index (χ4n) is 3.20. The van der Waals surface area contributed by atoms with E-state index in [1.54, 1.807) is 7.05 Å². The Hall–Kier alpha value is -3.40. The molecule has 0 aliphatic rings. The maximum Gasteiger partial charge on any atom is 0.251 e. The molecule has 4 heteroatoms. The summed E-state index contributed by atoms with van der Waals surface area (Å²) in [5.41, 5.74) is 8.34. The SMILES string of the molecule is CNC(=O)c1cccc(-c2ccn3nc(-c4ccc(C)c(C)c4)cc3c2)c1. The monoisotopic (exact) mass is 355 g/mol. The molecule has 0 saturated heterocycles. The summed E-state index contributed by atoms with van der Waals surface area (Å²) < 4.78 is 1.89. The van der Waals surface area contributed by atoms with Crippen LogP contribution in [0.3, 0.4) is 0 Å². The zero-order valence-electron chi connectivity index (χ0n) is 15.7. The van der Waals surface area contributed by atoms with Gasteiger partial charge in [0.05, 0.1) is 11.2 Å². The standard InChI is InChI=1S/C23H21N3O/c1-15-7-8-19(11-16(15)2)22-14-21-13-18(9-10-26(21)25-22)17-5-4-6-20(12-17)23(27)24-3/h4-14H,1-3H3,(H,24,27). The van der Waals surface area contributed by atoms with Gasteiger partial charge in [-0.3, -0.25) is 4.79 Å². The van der Waals surface area contributed by atoms with Gasteiger partial charge in [-0.2, -0.15) is 5.10 Å². The third-order valence-corrected chi connectivity index (χ3v) is 4.95. The van der Waals surface area contributed by atoms with E-state index in [-0.39, 0.29) is 5.91 Å². The van der Waals surface area contributed by atoms with Crippen LogP contribution >= 0.6 is 0 Å². The second-order valence-electron chi connectivity index (χ2n) is 6.77. The topological polar surface area (TPSA) is 46.4 Å². The van der Waals surface area contributed by atoms with Crippen LogP contribution in [-0.4, -0.2) is 22.6 Å². The molecular weight excluding hydrogens is 334 g/mol. The first-order chi connectivity index (χ1) is 13.0.